The van der Waals surface area contributed by atoms with E-state index in [2.05, 4.69) is 31.2 Å². The van der Waals surface area contributed by atoms with Gasteiger partial charge in [-0.2, -0.15) is 13.2 Å². The largest absolute Gasteiger partial charge is 0.419 e. The van der Waals surface area contributed by atoms with Gasteiger partial charge in [0, 0.05) is 43.1 Å². The Balaban J connectivity index is 2.08. The molecule has 0 fully saturated rings. The second-order valence-electron chi connectivity index (χ2n) is 4.18. The van der Waals surface area contributed by atoms with Crippen molar-refractivity contribution in [2.45, 2.75) is 12.6 Å². The van der Waals surface area contributed by atoms with Crippen LogP contribution in [0.15, 0.2) is 29.1 Å². The number of pyridine rings is 1. The van der Waals surface area contributed by atoms with Gasteiger partial charge in [0.15, 0.2) is 0 Å². The number of anilines is 1. The molecule has 0 aliphatic carbocycles. The molecule has 0 aliphatic heterocycles. The standard InChI is InChI=1S/C12H12BrF3N4/c1-20-5-4-17-10(20)2-3-18-11-9(12(14,15)16)6-8(13)7-19-11/h4-7H,2-3H2,1H3,(H,18,19). The molecule has 0 aromatic carbocycles. The van der Waals surface area contributed by atoms with Crippen molar-refractivity contribution >= 4 is 21.7 Å². The predicted molar refractivity (Wildman–Crippen MR) is 72.3 cm³/mol. The molecule has 0 aliphatic rings. The minimum Gasteiger partial charge on any atom is -0.369 e. The number of nitrogens with zero attached hydrogens (tertiary/aromatic N) is 3. The van der Waals surface area contributed by atoms with Crippen LogP contribution in [-0.4, -0.2) is 21.1 Å². The second kappa shape index (κ2) is 5.82. The van der Waals surface area contributed by atoms with E-state index < -0.39 is 11.7 Å². The molecular formula is C12H12BrF3N4. The Labute approximate surface area is 122 Å². The summed E-state index contributed by atoms with van der Waals surface area (Å²) in [6.07, 6.45) is 0.835. The van der Waals surface area contributed by atoms with E-state index in [-0.39, 0.29) is 5.82 Å². The number of imidazole rings is 1. The molecule has 2 rings (SSSR count). The number of nitrogens with one attached hydrogen (secondary N) is 1. The van der Waals surface area contributed by atoms with Gasteiger partial charge in [-0.1, -0.05) is 0 Å². The first-order chi connectivity index (χ1) is 9.38. The summed E-state index contributed by atoms with van der Waals surface area (Å²) in [7, 11) is 1.83. The summed E-state index contributed by atoms with van der Waals surface area (Å²) in [6, 6.07) is 1.01. The molecule has 4 nitrogen and oxygen atoms in total. The maximum Gasteiger partial charge on any atom is 0.419 e. The van der Waals surface area contributed by atoms with Crippen LogP contribution >= 0.6 is 15.9 Å². The van der Waals surface area contributed by atoms with E-state index >= 15 is 0 Å². The molecule has 2 aromatic heterocycles. The average Bonchev–Trinajstić information content (AvgIpc) is 2.76. The Morgan fingerprint density at radius 2 is 2.10 bits per heavy atom. The Kier molecular flexibility index (Phi) is 4.32. The molecule has 0 amide bonds. The quantitative estimate of drug-likeness (QED) is 0.922. The highest BCUT2D eigenvalue weighted by atomic mass is 79.9. The van der Waals surface area contributed by atoms with Gasteiger partial charge in [-0.3, -0.25) is 0 Å². The number of aryl methyl sites for hydroxylation is 1. The zero-order valence-electron chi connectivity index (χ0n) is 10.6. The molecule has 0 bridgehead atoms. The lowest BCUT2D eigenvalue weighted by atomic mass is 10.2. The highest BCUT2D eigenvalue weighted by molar-refractivity contribution is 9.10. The van der Waals surface area contributed by atoms with Crippen molar-refractivity contribution in [3.8, 4) is 0 Å². The fraction of sp³-hybridized carbons (Fsp3) is 0.333. The van der Waals surface area contributed by atoms with Crippen molar-refractivity contribution in [2.75, 3.05) is 11.9 Å². The van der Waals surface area contributed by atoms with Crippen LogP contribution < -0.4 is 5.32 Å². The SMILES string of the molecule is Cn1ccnc1CCNc1ncc(Br)cc1C(F)(F)F. The first-order valence-electron chi connectivity index (χ1n) is 5.81. The molecule has 0 radical (unpaired) electrons. The third kappa shape index (κ3) is 3.50. The van der Waals surface area contributed by atoms with Gasteiger partial charge in [0.1, 0.15) is 11.6 Å². The van der Waals surface area contributed by atoms with Gasteiger partial charge in [0.25, 0.3) is 0 Å². The molecule has 2 aromatic rings. The van der Waals surface area contributed by atoms with E-state index in [0.29, 0.717) is 17.4 Å². The second-order valence-corrected chi connectivity index (χ2v) is 5.09. The van der Waals surface area contributed by atoms with Crippen LogP contribution in [0.2, 0.25) is 0 Å². The fourth-order valence-electron chi connectivity index (χ4n) is 1.73. The highest BCUT2D eigenvalue weighted by Crippen LogP contribution is 2.35. The minimum atomic E-state index is -4.44. The molecule has 0 spiro atoms. The molecular weight excluding hydrogens is 337 g/mol. The van der Waals surface area contributed by atoms with Gasteiger partial charge in [-0.15, -0.1) is 0 Å². The maximum atomic E-state index is 12.9. The number of hydrogen-bond acceptors (Lipinski definition) is 3. The molecule has 2 heterocycles. The molecule has 0 saturated heterocycles. The number of aromatic nitrogens is 3. The van der Waals surface area contributed by atoms with E-state index in [4.69, 9.17) is 0 Å². The third-order valence-corrected chi connectivity index (χ3v) is 3.16. The van der Waals surface area contributed by atoms with Crippen LogP contribution in [0.5, 0.6) is 0 Å². The zero-order valence-corrected chi connectivity index (χ0v) is 12.2. The first-order valence-corrected chi connectivity index (χ1v) is 6.60. The van der Waals surface area contributed by atoms with E-state index in [9.17, 15) is 13.2 Å². The van der Waals surface area contributed by atoms with Crippen LogP contribution in [0, 0.1) is 0 Å². The summed E-state index contributed by atoms with van der Waals surface area (Å²) >= 11 is 2.99. The molecule has 8 heteroatoms. The monoisotopic (exact) mass is 348 g/mol. The molecule has 1 N–H and O–H groups in total. The van der Waals surface area contributed by atoms with Crippen LogP contribution in [0.1, 0.15) is 11.4 Å². The number of halogens is 4. The average molecular weight is 349 g/mol. The Morgan fingerprint density at radius 1 is 1.35 bits per heavy atom. The molecule has 0 unspecified atom stereocenters. The normalized spacial score (nSPS) is 11.7. The molecule has 0 saturated carbocycles. The summed E-state index contributed by atoms with van der Waals surface area (Å²) < 4.78 is 40.7. The lowest BCUT2D eigenvalue weighted by Crippen LogP contribution is -2.15. The van der Waals surface area contributed by atoms with Crippen molar-refractivity contribution in [1.29, 1.82) is 0 Å². The van der Waals surface area contributed by atoms with Gasteiger partial charge < -0.3 is 9.88 Å². The third-order valence-electron chi connectivity index (χ3n) is 2.72. The summed E-state index contributed by atoms with van der Waals surface area (Å²) in [5, 5.41) is 2.71. The lowest BCUT2D eigenvalue weighted by molar-refractivity contribution is -0.137. The highest BCUT2D eigenvalue weighted by Gasteiger charge is 2.34. The molecule has 108 valence electrons. The first kappa shape index (κ1) is 14.8. The summed E-state index contributed by atoms with van der Waals surface area (Å²) in [5.41, 5.74) is -0.785. The summed E-state index contributed by atoms with van der Waals surface area (Å²) in [6.45, 7) is 0.322. The predicted octanol–water partition coefficient (Wildman–Crippen LogP) is 3.25. The van der Waals surface area contributed by atoms with Crippen molar-refractivity contribution < 1.29 is 13.2 Å². The topological polar surface area (TPSA) is 42.7 Å². The number of rotatable bonds is 4. The van der Waals surface area contributed by atoms with Gasteiger partial charge >= 0.3 is 6.18 Å². The smallest absolute Gasteiger partial charge is 0.369 e. The molecule has 0 atom stereocenters. The lowest BCUT2D eigenvalue weighted by Gasteiger charge is -2.13. The van der Waals surface area contributed by atoms with Crippen molar-refractivity contribution in [2.24, 2.45) is 7.05 Å². The fourth-order valence-corrected chi connectivity index (χ4v) is 2.06. The van der Waals surface area contributed by atoms with Crippen molar-refractivity contribution in [1.82, 2.24) is 14.5 Å². The van der Waals surface area contributed by atoms with E-state index in [1.165, 1.54) is 6.20 Å². The summed E-state index contributed by atoms with van der Waals surface area (Å²) in [5.74, 6) is 0.623. The minimum absolute atomic E-state index is 0.171. The van der Waals surface area contributed by atoms with Gasteiger partial charge in [0.2, 0.25) is 0 Å². The Hall–Kier alpha value is -1.57. The Morgan fingerprint density at radius 3 is 2.70 bits per heavy atom. The van der Waals surface area contributed by atoms with Crippen LogP contribution in [0.4, 0.5) is 19.0 Å². The van der Waals surface area contributed by atoms with Gasteiger partial charge in [-0.05, 0) is 22.0 Å². The van der Waals surface area contributed by atoms with Crippen molar-refractivity contribution in [3.63, 3.8) is 0 Å². The molecule has 20 heavy (non-hydrogen) atoms. The zero-order chi connectivity index (χ0) is 14.8. The van der Waals surface area contributed by atoms with Gasteiger partial charge in [0.05, 0.1) is 5.56 Å². The summed E-state index contributed by atoms with van der Waals surface area (Å²) in [4.78, 5) is 7.89. The maximum absolute atomic E-state index is 12.9. The number of hydrogen-bond donors (Lipinski definition) is 1. The van der Waals surface area contributed by atoms with E-state index in [1.54, 1.807) is 12.4 Å². The van der Waals surface area contributed by atoms with E-state index in [1.807, 2.05) is 11.6 Å². The van der Waals surface area contributed by atoms with Crippen LogP contribution in [0.3, 0.4) is 0 Å². The Bertz CT molecular complexity index is 595. The van der Waals surface area contributed by atoms with Crippen molar-refractivity contribution in [3.05, 3.63) is 40.5 Å². The van der Waals surface area contributed by atoms with E-state index in [0.717, 1.165) is 11.9 Å². The van der Waals surface area contributed by atoms with Crippen LogP contribution in [-0.2, 0) is 19.6 Å². The van der Waals surface area contributed by atoms with Crippen LogP contribution in [0.25, 0.3) is 0 Å². The number of alkyl halides is 3. The van der Waals surface area contributed by atoms with Gasteiger partial charge in [-0.25, -0.2) is 9.97 Å².